The molecule has 1 aliphatic rings. The summed E-state index contributed by atoms with van der Waals surface area (Å²) in [5.74, 6) is 0. The summed E-state index contributed by atoms with van der Waals surface area (Å²) in [4.78, 5) is 16.1. The zero-order chi connectivity index (χ0) is 13.7. The number of likely N-dealkylation sites (tertiary alicyclic amines) is 1. The average Bonchev–Trinajstić information content (AvgIpc) is 2.94. The summed E-state index contributed by atoms with van der Waals surface area (Å²) in [5.41, 5.74) is 1.02. The molecule has 1 saturated heterocycles. The molecule has 19 heavy (non-hydrogen) atoms. The Kier molecular flexibility index (Phi) is 4.80. The van der Waals surface area contributed by atoms with Crippen LogP contribution in [-0.2, 0) is 11.3 Å². The highest BCUT2D eigenvalue weighted by molar-refractivity contribution is 5.67. The molecule has 1 atom stereocenters. The lowest BCUT2D eigenvalue weighted by Crippen LogP contribution is -2.39. The first-order chi connectivity index (χ1) is 9.20. The second-order valence-corrected chi connectivity index (χ2v) is 4.99. The summed E-state index contributed by atoms with van der Waals surface area (Å²) in [6, 6.07) is 10.0. The lowest BCUT2D eigenvalue weighted by molar-refractivity contribution is 0.0918. The fourth-order valence-electron chi connectivity index (χ4n) is 2.39. The van der Waals surface area contributed by atoms with Crippen LogP contribution in [0.15, 0.2) is 30.3 Å². The molecule has 1 fully saturated rings. The molecule has 1 amide bonds. The van der Waals surface area contributed by atoms with Crippen LogP contribution in [0, 0.1) is 0 Å². The number of amides is 1. The Morgan fingerprint density at radius 2 is 2.16 bits per heavy atom. The van der Waals surface area contributed by atoms with Crippen LogP contribution in [0.3, 0.4) is 0 Å². The van der Waals surface area contributed by atoms with E-state index < -0.39 is 0 Å². The van der Waals surface area contributed by atoms with E-state index in [1.165, 1.54) is 0 Å². The quantitative estimate of drug-likeness (QED) is 0.835. The van der Waals surface area contributed by atoms with Crippen molar-refractivity contribution in [3.05, 3.63) is 35.9 Å². The van der Waals surface area contributed by atoms with Gasteiger partial charge in [-0.05, 0) is 18.5 Å². The summed E-state index contributed by atoms with van der Waals surface area (Å²) in [5, 5.41) is 0. The number of likely N-dealkylation sites (N-methyl/N-ethyl adjacent to an activating group) is 2. The molecule has 1 aliphatic heterocycles. The van der Waals surface area contributed by atoms with E-state index in [4.69, 9.17) is 4.74 Å². The minimum Gasteiger partial charge on any atom is -0.445 e. The highest BCUT2D eigenvalue weighted by Gasteiger charge is 2.28. The summed E-state index contributed by atoms with van der Waals surface area (Å²) < 4.78 is 5.34. The van der Waals surface area contributed by atoms with Crippen LogP contribution >= 0.6 is 0 Å². The lowest BCUT2D eigenvalue weighted by Gasteiger charge is -2.24. The summed E-state index contributed by atoms with van der Waals surface area (Å²) in [7, 11) is 1.83. The highest BCUT2D eigenvalue weighted by atomic mass is 16.6. The van der Waals surface area contributed by atoms with Gasteiger partial charge in [0.2, 0.25) is 0 Å². The predicted molar refractivity (Wildman–Crippen MR) is 74.9 cm³/mol. The number of hydrogen-bond acceptors (Lipinski definition) is 3. The van der Waals surface area contributed by atoms with Gasteiger partial charge < -0.3 is 14.5 Å². The molecule has 4 nitrogen and oxygen atoms in total. The van der Waals surface area contributed by atoms with Gasteiger partial charge in [-0.3, -0.25) is 0 Å². The zero-order valence-electron chi connectivity index (χ0n) is 11.7. The number of nitrogens with zero attached hydrogens (tertiary/aromatic N) is 2. The minimum atomic E-state index is -0.230. The van der Waals surface area contributed by atoms with Crippen LogP contribution in [0.1, 0.15) is 18.9 Å². The van der Waals surface area contributed by atoms with Gasteiger partial charge in [0.05, 0.1) is 0 Å². The molecule has 0 aliphatic carbocycles. The van der Waals surface area contributed by atoms with Gasteiger partial charge in [-0.2, -0.15) is 0 Å². The van der Waals surface area contributed by atoms with Crippen molar-refractivity contribution >= 4 is 6.09 Å². The molecule has 1 aromatic rings. The summed E-state index contributed by atoms with van der Waals surface area (Å²) >= 11 is 0. The normalized spacial score (nSPS) is 19.4. The maximum atomic E-state index is 12.0. The minimum absolute atomic E-state index is 0.230. The molecule has 0 unspecified atom stereocenters. The molecular weight excluding hydrogens is 240 g/mol. The van der Waals surface area contributed by atoms with Crippen molar-refractivity contribution in [2.24, 2.45) is 0 Å². The van der Waals surface area contributed by atoms with Crippen LogP contribution in [0.25, 0.3) is 0 Å². The van der Waals surface area contributed by atoms with Crippen molar-refractivity contribution in [2.75, 3.05) is 26.7 Å². The Labute approximate surface area is 115 Å². The third-order valence-electron chi connectivity index (χ3n) is 3.74. The van der Waals surface area contributed by atoms with Gasteiger partial charge in [0.15, 0.2) is 0 Å². The second kappa shape index (κ2) is 6.57. The molecule has 1 aromatic carbocycles. The molecule has 4 heteroatoms. The van der Waals surface area contributed by atoms with E-state index in [1.807, 2.05) is 37.4 Å². The standard InChI is InChI=1S/C15H22N2O2/c1-3-17-10-9-14(11-17)16(2)15(18)19-12-13-7-5-4-6-8-13/h4-8,14H,3,9-12H2,1-2H3/t14-/m1/s1. The van der Waals surface area contributed by atoms with Gasteiger partial charge in [0.25, 0.3) is 0 Å². The van der Waals surface area contributed by atoms with Crippen molar-refractivity contribution in [1.82, 2.24) is 9.80 Å². The topological polar surface area (TPSA) is 32.8 Å². The molecule has 104 valence electrons. The molecule has 0 spiro atoms. The van der Waals surface area contributed by atoms with E-state index in [0.29, 0.717) is 6.61 Å². The monoisotopic (exact) mass is 262 g/mol. The van der Waals surface area contributed by atoms with Crippen molar-refractivity contribution < 1.29 is 9.53 Å². The van der Waals surface area contributed by atoms with Crippen LogP contribution in [-0.4, -0.2) is 48.6 Å². The van der Waals surface area contributed by atoms with E-state index in [1.54, 1.807) is 4.90 Å². The first kappa shape index (κ1) is 13.9. The number of benzene rings is 1. The molecule has 1 heterocycles. The summed E-state index contributed by atoms with van der Waals surface area (Å²) in [6.45, 7) is 5.55. The number of carbonyl (C=O) groups is 1. The lowest BCUT2D eigenvalue weighted by atomic mass is 10.2. The Morgan fingerprint density at radius 1 is 1.42 bits per heavy atom. The summed E-state index contributed by atoms with van der Waals surface area (Å²) in [6.07, 6.45) is 0.803. The largest absolute Gasteiger partial charge is 0.445 e. The Hall–Kier alpha value is -1.55. The Morgan fingerprint density at radius 3 is 2.79 bits per heavy atom. The molecular formula is C15H22N2O2. The Balaban J connectivity index is 1.80. The first-order valence-electron chi connectivity index (χ1n) is 6.86. The molecule has 0 saturated carbocycles. The fourth-order valence-corrected chi connectivity index (χ4v) is 2.39. The van der Waals surface area contributed by atoms with Gasteiger partial charge in [-0.15, -0.1) is 0 Å². The Bertz CT molecular complexity index is 408. The number of carbonyl (C=O) groups excluding carboxylic acids is 1. The zero-order valence-corrected chi connectivity index (χ0v) is 11.7. The van der Waals surface area contributed by atoms with Gasteiger partial charge in [0, 0.05) is 26.2 Å². The SMILES string of the molecule is CCN1CC[C@@H](N(C)C(=O)OCc2ccccc2)C1. The molecule has 0 N–H and O–H groups in total. The molecule has 2 rings (SSSR count). The van der Waals surface area contributed by atoms with E-state index in [9.17, 15) is 4.79 Å². The fraction of sp³-hybridized carbons (Fsp3) is 0.533. The van der Waals surface area contributed by atoms with Crippen molar-refractivity contribution in [2.45, 2.75) is 26.0 Å². The third kappa shape index (κ3) is 3.70. The number of hydrogen-bond donors (Lipinski definition) is 0. The van der Waals surface area contributed by atoms with E-state index >= 15 is 0 Å². The van der Waals surface area contributed by atoms with E-state index in [-0.39, 0.29) is 12.1 Å². The van der Waals surface area contributed by atoms with Crippen LogP contribution in [0.5, 0.6) is 0 Å². The number of rotatable bonds is 4. The smallest absolute Gasteiger partial charge is 0.410 e. The van der Waals surface area contributed by atoms with Crippen molar-refractivity contribution in [1.29, 1.82) is 0 Å². The van der Waals surface area contributed by atoms with Gasteiger partial charge in [-0.25, -0.2) is 4.79 Å². The maximum Gasteiger partial charge on any atom is 0.410 e. The average molecular weight is 262 g/mol. The van der Waals surface area contributed by atoms with Crippen LogP contribution in [0.4, 0.5) is 4.79 Å². The van der Waals surface area contributed by atoms with Crippen molar-refractivity contribution in [3.8, 4) is 0 Å². The van der Waals surface area contributed by atoms with Gasteiger partial charge in [0.1, 0.15) is 6.61 Å². The van der Waals surface area contributed by atoms with E-state index in [2.05, 4.69) is 11.8 Å². The maximum absolute atomic E-state index is 12.0. The van der Waals surface area contributed by atoms with E-state index in [0.717, 1.165) is 31.6 Å². The third-order valence-corrected chi connectivity index (χ3v) is 3.74. The van der Waals surface area contributed by atoms with Crippen LogP contribution in [0.2, 0.25) is 0 Å². The molecule has 0 aromatic heterocycles. The van der Waals surface area contributed by atoms with Gasteiger partial charge in [-0.1, -0.05) is 37.3 Å². The molecule has 0 bridgehead atoms. The first-order valence-corrected chi connectivity index (χ1v) is 6.86. The van der Waals surface area contributed by atoms with Crippen LogP contribution < -0.4 is 0 Å². The number of ether oxygens (including phenoxy) is 1. The molecule has 0 radical (unpaired) electrons. The van der Waals surface area contributed by atoms with Crippen molar-refractivity contribution in [3.63, 3.8) is 0 Å². The predicted octanol–water partition coefficient (Wildman–Crippen LogP) is 2.35. The highest BCUT2D eigenvalue weighted by Crippen LogP contribution is 2.15. The van der Waals surface area contributed by atoms with Gasteiger partial charge >= 0.3 is 6.09 Å². The second-order valence-electron chi connectivity index (χ2n) is 4.99.